The maximum atomic E-state index is 13.4. The van der Waals surface area contributed by atoms with Gasteiger partial charge in [0.2, 0.25) is 6.79 Å². The molecule has 2 aliphatic rings. The van der Waals surface area contributed by atoms with Gasteiger partial charge in [0.15, 0.2) is 22.9 Å². The smallest absolute Gasteiger partial charge is 0.264 e. The van der Waals surface area contributed by atoms with Gasteiger partial charge in [0.1, 0.15) is 0 Å². The summed E-state index contributed by atoms with van der Waals surface area (Å²) >= 11 is 6.15. The highest BCUT2D eigenvalue weighted by Crippen LogP contribution is 2.44. The summed E-state index contributed by atoms with van der Waals surface area (Å²) in [7, 11) is 0. The Labute approximate surface area is 183 Å². The number of nitrogens with zero attached hydrogens (tertiary/aromatic N) is 1. The predicted octanol–water partition coefficient (Wildman–Crippen LogP) is 4.08. The maximum absolute atomic E-state index is 13.4. The first-order chi connectivity index (χ1) is 15.0. The average Bonchev–Trinajstić information content (AvgIpc) is 3.31. The lowest BCUT2D eigenvalue weighted by atomic mass is 9.88. The monoisotopic (exact) mass is 435 g/mol. The highest BCUT2D eigenvalue weighted by molar-refractivity contribution is 6.34. The van der Waals surface area contributed by atoms with E-state index < -0.39 is 23.7 Å². The van der Waals surface area contributed by atoms with E-state index in [1.54, 1.807) is 54.6 Å². The lowest BCUT2D eigenvalue weighted by Crippen LogP contribution is -2.41. The Bertz CT molecular complexity index is 1210. The minimum atomic E-state index is -1.97. The van der Waals surface area contributed by atoms with Crippen LogP contribution in [0.15, 0.2) is 66.7 Å². The molecule has 3 aromatic rings. The van der Waals surface area contributed by atoms with Crippen molar-refractivity contribution in [2.45, 2.75) is 18.6 Å². The van der Waals surface area contributed by atoms with E-state index in [1.165, 1.54) is 4.90 Å². The number of benzene rings is 3. The summed E-state index contributed by atoms with van der Waals surface area (Å²) < 4.78 is 10.8. The van der Waals surface area contributed by atoms with Crippen LogP contribution < -0.4 is 14.4 Å². The van der Waals surface area contributed by atoms with E-state index in [1.807, 2.05) is 12.1 Å². The van der Waals surface area contributed by atoms with Gasteiger partial charge < -0.3 is 19.5 Å². The lowest BCUT2D eigenvalue weighted by Gasteiger charge is -2.23. The number of fused-ring (bicyclic) bond motifs is 2. The van der Waals surface area contributed by atoms with Gasteiger partial charge in [-0.1, -0.05) is 48.0 Å². The predicted molar refractivity (Wildman–Crippen MR) is 114 cm³/mol. The Morgan fingerprint density at radius 1 is 1.03 bits per heavy atom. The Balaban J connectivity index is 1.48. The fraction of sp³-hybridized carbons (Fsp3) is 0.167. The van der Waals surface area contributed by atoms with E-state index in [9.17, 15) is 14.7 Å². The van der Waals surface area contributed by atoms with Crippen LogP contribution >= 0.6 is 11.6 Å². The largest absolute Gasteiger partial charge is 0.454 e. The Kier molecular flexibility index (Phi) is 4.68. The molecule has 6 nitrogen and oxygen atoms in total. The van der Waals surface area contributed by atoms with Crippen molar-refractivity contribution in [1.82, 2.24) is 0 Å². The number of para-hydroxylation sites is 1. The number of hydrogen-bond acceptors (Lipinski definition) is 5. The molecule has 2 heterocycles. The highest BCUT2D eigenvalue weighted by Gasteiger charge is 2.50. The number of rotatable bonds is 5. The zero-order valence-electron chi connectivity index (χ0n) is 16.4. The first-order valence-electron chi connectivity index (χ1n) is 9.77. The summed E-state index contributed by atoms with van der Waals surface area (Å²) in [6.45, 7) is 0.378. The first-order valence-corrected chi connectivity index (χ1v) is 10.2. The van der Waals surface area contributed by atoms with Gasteiger partial charge in [-0.05, 0) is 35.9 Å². The Morgan fingerprint density at radius 3 is 2.61 bits per heavy atom. The number of ketones is 1. The molecule has 0 aromatic heterocycles. The summed E-state index contributed by atoms with van der Waals surface area (Å²) in [5.74, 6) is 0.313. The molecule has 3 aromatic carbocycles. The van der Waals surface area contributed by atoms with Crippen LogP contribution in [-0.2, 0) is 16.9 Å². The number of carbonyl (C=O) groups excluding carboxylic acids is 2. The van der Waals surface area contributed by atoms with E-state index in [2.05, 4.69) is 0 Å². The standard InChI is InChI=1S/C24H18ClNO5/c25-18-7-3-1-5-16(18)20(27)12-24(29)17-6-2-4-8-19(17)26(23(24)28)13-15-9-10-21-22(11-15)31-14-30-21/h1-11,29H,12-14H2. The molecule has 0 saturated heterocycles. The van der Waals surface area contributed by atoms with Gasteiger partial charge in [-0.2, -0.15) is 0 Å². The molecular formula is C24H18ClNO5. The molecule has 7 heteroatoms. The zero-order valence-corrected chi connectivity index (χ0v) is 17.1. The molecule has 0 fully saturated rings. The zero-order chi connectivity index (χ0) is 21.6. The second kappa shape index (κ2) is 7.41. The lowest BCUT2D eigenvalue weighted by molar-refractivity contribution is -0.136. The fourth-order valence-corrected chi connectivity index (χ4v) is 4.31. The van der Waals surface area contributed by atoms with Crippen molar-refractivity contribution in [3.8, 4) is 11.5 Å². The number of halogens is 1. The van der Waals surface area contributed by atoms with Crippen molar-refractivity contribution >= 4 is 29.0 Å². The van der Waals surface area contributed by atoms with Crippen molar-refractivity contribution < 1.29 is 24.2 Å². The molecule has 0 aliphatic carbocycles. The van der Waals surface area contributed by atoms with Gasteiger partial charge in [-0.3, -0.25) is 9.59 Å². The molecule has 0 saturated carbocycles. The third-order valence-electron chi connectivity index (χ3n) is 5.61. The fourth-order valence-electron chi connectivity index (χ4n) is 4.07. The van der Waals surface area contributed by atoms with Gasteiger partial charge in [-0.15, -0.1) is 0 Å². The van der Waals surface area contributed by atoms with Gasteiger partial charge in [0.25, 0.3) is 5.91 Å². The molecule has 1 unspecified atom stereocenters. The third-order valence-corrected chi connectivity index (χ3v) is 5.94. The summed E-state index contributed by atoms with van der Waals surface area (Å²) in [5, 5.41) is 11.7. The van der Waals surface area contributed by atoms with Crippen molar-refractivity contribution in [2.24, 2.45) is 0 Å². The number of hydrogen-bond donors (Lipinski definition) is 1. The minimum Gasteiger partial charge on any atom is -0.454 e. The molecule has 0 radical (unpaired) electrons. The molecule has 31 heavy (non-hydrogen) atoms. The number of carbonyl (C=O) groups is 2. The topological polar surface area (TPSA) is 76.1 Å². The molecular weight excluding hydrogens is 418 g/mol. The number of anilines is 1. The van der Waals surface area contributed by atoms with Crippen LogP contribution in [0.2, 0.25) is 5.02 Å². The second-order valence-corrected chi connectivity index (χ2v) is 7.94. The average molecular weight is 436 g/mol. The summed E-state index contributed by atoms with van der Waals surface area (Å²) in [6.07, 6.45) is -0.399. The van der Waals surface area contributed by atoms with E-state index >= 15 is 0 Å². The quantitative estimate of drug-likeness (QED) is 0.611. The van der Waals surface area contributed by atoms with Gasteiger partial charge in [-0.25, -0.2) is 0 Å². The van der Waals surface area contributed by atoms with Crippen LogP contribution in [0.4, 0.5) is 5.69 Å². The summed E-state index contributed by atoms with van der Waals surface area (Å²) in [6, 6.07) is 19.0. The molecule has 5 rings (SSSR count). The van der Waals surface area contributed by atoms with Gasteiger partial charge >= 0.3 is 0 Å². The van der Waals surface area contributed by atoms with Crippen molar-refractivity contribution in [1.29, 1.82) is 0 Å². The minimum absolute atomic E-state index is 0.161. The first kappa shape index (κ1) is 19.6. The number of ether oxygens (including phenoxy) is 2. The molecule has 156 valence electrons. The summed E-state index contributed by atoms with van der Waals surface area (Å²) in [4.78, 5) is 27.8. The maximum Gasteiger partial charge on any atom is 0.264 e. The van der Waals surface area contributed by atoms with E-state index in [0.717, 1.165) is 5.56 Å². The van der Waals surface area contributed by atoms with Gasteiger partial charge in [0.05, 0.1) is 23.7 Å². The van der Waals surface area contributed by atoms with Crippen LogP contribution in [0.25, 0.3) is 0 Å². The number of aliphatic hydroxyl groups is 1. The van der Waals surface area contributed by atoms with E-state index in [-0.39, 0.29) is 23.9 Å². The second-order valence-electron chi connectivity index (χ2n) is 7.54. The van der Waals surface area contributed by atoms with E-state index in [4.69, 9.17) is 21.1 Å². The normalized spacial score (nSPS) is 18.9. The molecule has 1 N–H and O–H groups in total. The van der Waals surface area contributed by atoms with Crippen LogP contribution in [0.1, 0.15) is 27.9 Å². The van der Waals surface area contributed by atoms with Crippen LogP contribution in [0.3, 0.4) is 0 Å². The van der Waals surface area contributed by atoms with E-state index in [0.29, 0.717) is 22.7 Å². The summed E-state index contributed by atoms with van der Waals surface area (Å²) in [5.41, 5.74) is 0.0929. The number of Topliss-reactive ketones (excluding diaryl/α,β-unsaturated/α-hetero) is 1. The molecule has 0 bridgehead atoms. The molecule has 0 spiro atoms. The van der Waals surface area contributed by atoms with Crippen LogP contribution in [0.5, 0.6) is 11.5 Å². The van der Waals surface area contributed by atoms with Crippen molar-refractivity contribution in [2.75, 3.05) is 11.7 Å². The highest BCUT2D eigenvalue weighted by atomic mass is 35.5. The number of amides is 1. The van der Waals surface area contributed by atoms with Crippen LogP contribution in [-0.4, -0.2) is 23.6 Å². The molecule has 1 atom stereocenters. The van der Waals surface area contributed by atoms with Gasteiger partial charge in [0, 0.05) is 11.1 Å². The van der Waals surface area contributed by atoms with Crippen LogP contribution in [0, 0.1) is 0 Å². The van der Waals surface area contributed by atoms with Crippen molar-refractivity contribution in [3.63, 3.8) is 0 Å². The molecule has 2 aliphatic heterocycles. The van der Waals surface area contributed by atoms with Crippen molar-refractivity contribution in [3.05, 3.63) is 88.4 Å². The Morgan fingerprint density at radius 2 is 1.77 bits per heavy atom. The SMILES string of the molecule is O=C(CC1(O)C(=O)N(Cc2ccc3c(c2)OCO3)c2ccccc21)c1ccccc1Cl. The molecule has 1 amide bonds. The third kappa shape index (κ3) is 3.24. The Hall–Kier alpha value is -3.35.